The normalized spacial score (nSPS) is 15.5. The van der Waals surface area contributed by atoms with Gasteiger partial charge in [-0.15, -0.1) is 0 Å². The molecule has 28 heavy (non-hydrogen) atoms. The summed E-state index contributed by atoms with van der Waals surface area (Å²) >= 11 is 6.50. The van der Waals surface area contributed by atoms with Crippen LogP contribution in [0.3, 0.4) is 0 Å². The molecule has 0 unspecified atom stereocenters. The monoisotopic (exact) mass is 417 g/mol. The maximum atomic E-state index is 12.7. The molecule has 0 spiro atoms. The minimum absolute atomic E-state index is 0.00556. The van der Waals surface area contributed by atoms with E-state index >= 15 is 0 Å². The topological polar surface area (TPSA) is 76.1 Å². The minimum atomic E-state index is -0.893. The molecule has 8 heteroatoms. The van der Waals surface area contributed by atoms with Gasteiger partial charge in [-0.25, -0.2) is 0 Å². The first-order valence-electron chi connectivity index (χ1n) is 8.56. The highest BCUT2D eigenvalue weighted by molar-refractivity contribution is 8.26. The second-order valence-corrected chi connectivity index (χ2v) is 7.78. The van der Waals surface area contributed by atoms with Gasteiger partial charge in [-0.2, -0.15) is 0 Å². The second kappa shape index (κ2) is 8.62. The van der Waals surface area contributed by atoms with Gasteiger partial charge in [-0.3, -0.25) is 14.5 Å². The highest BCUT2D eigenvalue weighted by Gasteiger charge is 2.32. The number of thioether (sulfide) groups is 1. The molecule has 0 aliphatic carbocycles. The maximum Gasteiger partial charge on any atom is 0.303 e. The van der Waals surface area contributed by atoms with Gasteiger partial charge in [0.2, 0.25) is 0 Å². The fraction of sp³-hybridized carbons (Fsp3) is 0.250. The number of carbonyl (C=O) groups excluding carboxylic acids is 1. The van der Waals surface area contributed by atoms with E-state index in [-0.39, 0.29) is 18.9 Å². The van der Waals surface area contributed by atoms with Crippen molar-refractivity contribution in [3.05, 3.63) is 40.8 Å². The Labute approximate surface area is 172 Å². The van der Waals surface area contributed by atoms with Crippen LogP contribution in [-0.2, 0) is 9.59 Å². The second-order valence-electron chi connectivity index (χ2n) is 6.11. The molecule has 1 amide bonds. The fourth-order valence-electron chi connectivity index (χ4n) is 2.98. The van der Waals surface area contributed by atoms with Crippen molar-refractivity contribution in [1.82, 2.24) is 4.90 Å². The molecule has 1 saturated heterocycles. The highest BCUT2D eigenvalue weighted by atomic mass is 32.2. The van der Waals surface area contributed by atoms with Gasteiger partial charge in [0.15, 0.2) is 0 Å². The molecule has 1 aliphatic heterocycles. The first-order valence-corrected chi connectivity index (χ1v) is 9.79. The quantitative estimate of drug-likeness (QED) is 0.540. The van der Waals surface area contributed by atoms with Crippen LogP contribution in [0, 0.1) is 0 Å². The molecule has 1 fully saturated rings. The average Bonchev–Trinajstić information content (AvgIpc) is 2.94. The number of hydrogen-bond donors (Lipinski definition) is 1. The van der Waals surface area contributed by atoms with Crippen molar-refractivity contribution >= 4 is 57.0 Å². The molecule has 2 aromatic rings. The summed E-state index contributed by atoms with van der Waals surface area (Å²) in [5.41, 5.74) is 0.741. The molecular formula is C20H19NO5S2. The van der Waals surface area contributed by atoms with Crippen LogP contribution in [0.25, 0.3) is 16.8 Å². The number of carboxylic acids is 1. The Kier molecular flexibility index (Phi) is 6.21. The van der Waals surface area contributed by atoms with Crippen molar-refractivity contribution in [2.75, 3.05) is 20.8 Å². The smallest absolute Gasteiger partial charge is 0.303 e. The van der Waals surface area contributed by atoms with Gasteiger partial charge >= 0.3 is 5.97 Å². The first-order chi connectivity index (χ1) is 13.4. The molecule has 0 saturated carbocycles. The van der Waals surface area contributed by atoms with Crippen molar-refractivity contribution in [3.8, 4) is 11.5 Å². The molecule has 0 bridgehead atoms. The van der Waals surface area contributed by atoms with E-state index in [1.54, 1.807) is 20.3 Å². The fourth-order valence-corrected chi connectivity index (χ4v) is 4.28. The molecule has 3 rings (SSSR count). The lowest BCUT2D eigenvalue weighted by Gasteiger charge is -2.13. The summed E-state index contributed by atoms with van der Waals surface area (Å²) < 4.78 is 11.4. The average molecular weight is 418 g/mol. The van der Waals surface area contributed by atoms with Gasteiger partial charge in [0.1, 0.15) is 15.8 Å². The summed E-state index contributed by atoms with van der Waals surface area (Å²) in [5, 5.41) is 10.7. The van der Waals surface area contributed by atoms with Crippen LogP contribution >= 0.6 is 24.0 Å². The van der Waals surface area contributed by atoms with Gasteiger partial charge in [-0.05, 0) is 36.1 Å². The van der Waals surface area contributed by atoms with Gasteiger partial charge in [0, 0.05) is 23.9 Å². The minimum Gasteiger partial charge on any atom is -0.496 e. The van der Waals surface area contributed by atoms with Crippen LogP contribution in [0.5, 0.6) is 11.5 Å². The van der Waals surface area contributed by atoms with Crippen LogP contribution in [0.2, 0.25) is 0 Å². The first kappa shape index (κ1) is 20.2. The third-order valence-electron chi connectivity index (χ3n) is 4.34. The number of methoxy groups -OCH3 is 2. The van der Waals surface area contributed by atoms with Crippen LogP contribution in [0.1, 0.15) is 18.4 Å². The zero-order chi connectivity index (χ0) is 20.3. The number of ether oxygens (including phenoxy) is 2. The lowest BCUT2D eigenvalue weighted by Crippen LogP contribution is -2.29. The lowest BCUT2D eigenvalue weighted by atomic mass is 10.0. The standard InChI is InChI=1S/C20H19NO5S2/c1-25-15-6-3-5-12-10-16(26-2)13(9-14(12)15)11-17-19(24)21(20(27)28-17)8-4-7-18(22)23/h3,5-6,9-11H,4,7-8H2,1-2H3,(H,22,23). The number of amides is 1. The summed E-state index contributed by atoms with van der Waals surface area (Å²) in [6.07, 6.45) is 2.10. The van der Waals surface area contributed by atoms with Gasteiger partial charge < -0.3 is 14.6 Å². The van der Waals surface area contributed by atoms with Crippen molar-refractivity contribution in [3.63, 3.8) is 0 Å². The van der Waals surface area contributed by atoms with E-state index in [1.165, 1.54) is 16.7 Å². The van der Waals surface area contributed by atoms with Crippen LogP contribution in [0.4, 0.5) is 0 Å². The Balaban J connectivity index is 1.94. The summed E-state index contributed by atoms with van der Waals surface area (Å²) in [6.45, 7) is 0.289. The van der Waals surface area contributed by atoms with Crippen molar-refractivity contribution < 1.29 is 24.2 Å². The number of nitrogens with zero attached hydrogens (tertiary/aromatic N) is 1. The Hall–Kier alpha value is -2.58. The summed E-state index contributed by atoms with van der Waals surface area (Å²) in [6, 6.07) is 9.57. The van der Waals surface area contributed by atoms with Crippen LogP contribution in [0.15, 0.2) is 35.2 Å². The molecule has 0 aromatic heterocycles. The molecular weight excluding hydrogens is 398 g/mol. The zero-order valence-corrected chi connectivity index (χ0v) is 17.1. The van der Waals surface area contributed by atoms with Crippen molar-refractivity contribution in [2.45, 2.75) is 12.8 Å². The van der Waals surface area contributed by atoms with Gasteiger partial charge in [0.05, 0.1) is 19.1 Å². The SMILES string of the molecule is COc1cc2cccc(OC)c2cc1C=C1SC(=S)N(CCCC(=O)O)C1=O. The molecule has 146 valence electrons. The molecule has 6 nitrogen and oxygen atoms in total. The number of carbonyl (C=O) groups is 2. The number of thiocarbonyl (C=S) groups is 1. The van der Waals surface area contributed by atoms with E-state index in [0.29, 0.717) is 21.4 Å². The van der Waals surface area contributed by atoms with E-state index < -0.39 is 5.97 Å². The zero-order valence-electron chi connectivity index (χ0n) is 15.4. The van der Waals surface area contributed by atoms with E-state index in [2.05, 4.69) is 0 Å². The van der Waals surface area contributed by atoms with Gasteiger partial charge in [0.25, 0.3) is 5.91 Å². The van der Waals surface area contributed by atoms with E-state index in [4.69, 9.17) is 26.8 Å². The highest BCUT2D eigenvalue weighted by Crippen LogP contribution is 2.37. The number of rotatable bonds is 7. The van der Waals surface area contributed by atoms with Crippen LogP contribution in [-0.4, -0.2) is 47.0 Å². The number of carboxylic acid groups (broad SMARTS) is 1. The Morgan fingerprint density at radius 2 is 2.00 bits per heavy atom. The third-order valence-corrected chi connectivity index (χ3v) is 5.72. The molecule has 0 radical (unpaired) electrons. The van der Waals surface area contributed by atoms with Crippen LogP contribution < -0.4 is 9.47 Å². The maximum absolute atomic E-state index is 12.7. The molecule has 1 N–H and O–H groups in total. The Bertz CT molecular complexity index is 986. The number of aliphatic carboxylic acids is 1. The van der Waals surface area contributed by atoms with E-state index in [1.807, 2.05) is 30.3 Å². The number of hydrogen-bond acceptors (Lipinski definition) is 6. The van der Waals surface area contributed by atoms with Crippen molar-refractivity contribution in [1.29, 1.82) is 0 Å². The van der Waals surface area contributed by atoms with Crippen molar-refractivity contribution in [2.24, 2.45) is 0 Å². The van der Waals surface area contributed by atoms with Gasteiger partial charge in [-0.1, -0.05) is 36.1 Å². The number of benzene rings is 2. The Morgan fingerprint density at radius 3 is 2.68 bits per heavy atom. The predicted molar refractivity (Wildman–Crippen MR) is 114 cm³/mol. The summed E-state index contributed by atoms with van der Waals surface area (Å²) in [5.74, 6) is 0.256. The lowest BCUT2D eigenvalue weighted by molar-refractivity contribution is -0.137. The third kappa shape index (κ3) is 4.13. The summed E-state index contributed by atoms with van der Waals surface area (Å²) in [4.78, 5) is 25.3. The predicted octanol–water partition coefficient (Wildman–Crippen LogP) is 3.92. The molecule has 1 heterocycles. The van der Waals surface area contributed by atoms with E-state index in [9.17, 15) is 9.59 Å². The molecule has 0 atom stereocenters. The largest absolute Gasteiger partial charge is 0.496 e. The van der Waals surface area contributed by atoms with E-state index in [0.717, 1.165) is 22.1 Å². The Morgan fingerprint density at radius 1 is 1.25 bits per heavy atom. The number of fused-ring (bicyclic) bond motifs is 1. The molecule has 1 aliphatic rings. The summed E-state index contributed by atoms with van der Waals surface area (Å²) in [7, 11) is 3.19. The molecule has 2 aromatic carbocycles.